The number of amides is 1. The van der Waals surface area contributed by atoms with Crippen LogP contribution in [-0.4, -0.2) is 22.0 Å². The number of aromatic nitrogens is 1. The van der Waals surface area contributed by atoms with Gasteiger partial charge in [-0.15, -0.1) is 0 Å². The Bertz CT molecular complexity index is 671. The summed E-state index contributed by atoms with van der Waals surface area (Å²) < 4.78 is 0. The van der Waals surface area contributed by atoms with Crippen LogP contribution in [0.25, 0.3) is 0 Å². The number of carbonyl (C=O) groups excluding carboxylic acids is 1. The van der Waals surface area contributed by atoms with Crippen molar-refractivity contribution in [2.24, 2.45) is 0 Å². The fourth-order valence-corrected chi connectivity index (χ4v) is 1.49. The number of hydrogen-bond donors (Lipinski definition) is 3. The molecule has 0 radical (unpaired) electrons. The lowest BCUT2D eigenvalue weighted by Crippen LogP contribution is -2.14. The number of aromatic carboxylic acids is 1. The first-order valence-corrected chi connectivity index (χ1v) is 5.40. The minimum absolute atomic E-state index is 0.0827. The number of rotatable bonds is 3. The van der Waals surface area contributed by atoms with E-state index in [1.54, 1.807) is 6.07 Å². The molecule has 2 aromatic rings. The number of nitrogens with one attached hydrogen (secondary N) is 2. The SMILES string of the molecule is O=C(O)c1cccc(NC(=O)c2ccc(=O)[nH]c2)c1. The summed E-state index contributed by atoms with van der Waals surface area (Å²) in [6, 6.07) is 8.52. The Hall–Kier alpha value is -2.89. The van der Waals surface area contributed by atoms with Crippen LogP contribution in [0.3, 0.4) is 0 Å². The third kappa shape index (κ3) is 3.06. The van der Waals surface area contributed by atoms with Crippen LogP contribution in [0.4, 0.5) is 5.69 Å². The molecule has 1 amide bonds. The Kier molecular flexibility index (Phi) is 3.42. The van der Waals surface area contributed by atoms with Crippen molar-refractivity contribution in [3.63, 3.8) is 0 Å². The highest BCUT2D eigenvalue weighted by atomic mass is 16.4. The number of carbonyl (C=O) groups is 2. The summed E-state index contributed by atoms with van der Waals surface area (Å²) >= 11 is 0. The zero-order chi connectivity index (χ0) is 13.8. The van der Waals surface area contributed by atoms with Crippen molar-refractivity contribution in [2.75, 3.05) is 5.32 Å². The second kappa shape index (κ2) is 5.18. The first kappa shape index (κ1) is 12.6. The second-order valence-electron chi connectivity index (χ2n) is 3.78. The molecule has 0 atom stereocenters. The van der Waals surface area contributed by atoms with Crippen LogP contribution < -0.4 is 10.9 Å². The maximum Gasteiger partial charge on any atom is 0.335 e. The minimum Gasteiger partial charge on any atom is -0.478 e. The molecular formula is C13H10N2O4. The second-order valence-corrected chi connectivity index (χ2v) is 3.78. The molecule has 0 unspecified atom stereocenters. The average Bonchev–Trinajstić information content (AvgIpc) is 2.39. The Morgan fingerprint density at radius 2 is 1.89 bits per heavy atom. The van der Waals surface area contributed by atoms with Crippen LogP contribution in [0.5, 0.6) is 0 Å². The molecule has 96 valence electrons. The fourth-order valence-electron chi connectivity index (χ4n) is 1.49. The van der Waals surface area contributed by atoms with Crippen LogP contribution in [0.2, 0.25) is 0 Å². The number of H-pyrrole nitrogens is 1. The van der Waals surface area contributed by atoms with E-state index in [-0.39, 0.29) is 16.7 Å². The number of benzene rings is 1. The molecule has 0 saturated carbocycles. The summed E-state index contributed by atoms with van der Waals surface area (Å²) in [4.78, 5) is 35.9. The van der Waals surface area contributed by atoms with Crippen LogP contribution >= 0.6 is 0 Å². The standard InChI is InChI=1S/C13H10N2O4/c16-11-5-4-9(7-14-11)12(17)15-10-3-1-2-8(6-10)13(18)19/h1-7H,(H,14,16)(H,15,17)(H,18,19). The molecule has 3 N–H and O–H groups in total. The Morgan fingerprint density at radius 1 is 1.11 bits per heavy atom. The van der Waals surface area contributed by atoms with Gasteiger partial charge in [0.2, 0.25) is 5.56 Å². The highest BCUT2D eigenvalue weighted by molar-refractivity contribution is 6.04. The largest absolute Gasteiger partial charge is 0.478 e. The van der Waals surface area contributed by atoms with Crippen molar-refractivity contribution in [1.82, 2.24) is 4.98 Å². The number of pyridine rings is 1. The molecule has 2 rings (SSSR count). The van der Waals surface area contributed by atoms with E-state index in [0.29, 0.717) is 5.69 Å². The van der Waals surface area contributed by atoms with Gasteiger partial charge in [0.25, 0.3) is 5.91 Å². The van der Waals surface area contributed by atoms with Gasteiger partial charge in [0.1, 0.15) is 0 Å². The van der Waals surface area contributed by atoms with Gasteiger partial charge in [-0.05, 0) is 24.3 Å². The lowest BCUT2D eigenvalue weighted by molar-refractivity contribution is 0.0696. The topological polar surface area (TPSA) is 99.3 Å². The first-order valence-electron chi connectivity index (χ1n) is 5.40. The summed E-state index contributed by atoms with van der Waals surface area (Å²) in [7, 11) is 0. The van der Waals surface area contributed by atoms with Gasteiger partial charge in [0.15, 0.2) is 0 Å². The quantitative estimate of drug-likeness (QED) is 0.773. The fraction of sp³-hybridized carbons (Fsp3) is 0. The van der Waals surface area contributed by atoms with E-state index in [1.807, 2.05) is 0 Å². The lowest BCUT2D eigenvalue weighted by Gasteiger charge is -2.05. The summed E-state index contributed by atoms with van der Waals surface area (Å²) in [5.74, 6) is -1.50. The highest BCUT2D eigenvalue weighted by Gasteiger charge is 2.08. The summed E-state index contributed by atoms with van der Waals surface area (Å²) in [5, 5.41) is 11.4. The smallest absolute Gasteiger partial charge is 0.335 e. The van der Waals surface area contributed by atoms with Crippen molar-refractivity contribution in [3.05, 3.63) is 64.1 Å². The van der Waals surface area contributed by atoms with Gasteiger partial charge < -0.3 is 15.4 Å². The predicted octanol–water partition coefficient (Wildman–Crippen LogP) is 1.33. The third-order valence-electron chi connectivity index (χ3n) is 2.41. The van der Waals surface area contributed by atoms with E-state index in [0.717, 1.165) is 0 Å². The monoisotopic (exact) mass is 258 g/mol. The molecule has 6 heteroatoms. The van der Waals surface area contributed by atoms with Gasteiger partial charge in [-0.25, -0.2) is 4.79 Å². The van der Waals surface area contributed by atoms with E-state index in [2.05, 4.69) is 10.3 Å². The molecule has 19 heavy (non-hydrogen) atoms. The molecule has 1 aromatic heterocycles. The molecular weight excluding hydrogens is 248 g/mol. The molecule has 0 saturated heterocycles. The zero-order valence-corrected chi connectivity index (χ0v) is 9.71. The van der Waals surface area contributed by atoms with E-state index >= 15 is 0 Å². The van der Waals surface area contributed by atoms with E-state index in [4.69, 9.17) is 5.11 Å². The maximum absolute atomic E-state index is 11.8. The van der Waals surface area contributed by atoms with Gasteiger partial charge >= 0.3 is 5.97 Å². The molecule has 0 aliphatic rings. The first-order chi connectivity index (χ1) is 9.06. The molecule has 1 heterocycles. The van der Waals surface area contributed by atoms with Gasteiger partial charge in [0, 0.05) is 18.0 Å². The number of anilines is 1. The summed E-state index contributed by atoms with van der Waals surface area (Å²) in [5.41, 5.74) is 0.431. The van der Waals surface area contributed by atoms with Crippen LogP contribution in [-0.2, 0) is 0 Å². The third-order valence-corrected chi connectivity index (χ3v) is 2.41. The van der Waals surface area contributed by atoms with Crippen molar-refractivity contribution in [3.8, 4) is 0 Å². The molecule has 0 fully saturated rings. The normalized spacial score (nSPS) is 9.89. The summed E-state index contributed by atoms with van der Waals surface area (Å²) in [6.07, 6.45) is 1.29. The molecule has 0 aliphatic carbocycles. The van der Waals surface area contributed by atoms with Gasteiger partial charge in [0.05, 0.1) is 11.1 Å². The maximum atomic E-state index is 11.8. The van der Waals surface area contributed by atoms with Crippen molar-refractivity contribution in [2.45, 2.75) is 0 Å². The number of hydrogen-bond acceptors (Lipinski definition) is 3. The summed E-state index contributed by atoms with van der Waals surface area (Å²) in [6.45, 7) is 0. The van der Waals surface area contributed by atoms with Crippen LogP contribution in [0.15, 0.2) is 47.4 Å². The van der Waals surface area contributed by atoms with Crippen LogP contribution in [0, 0.1) is 0 Å². The van der Waals surface area contributed by atoms with Crippen molar-refractivity contribution >= 4 is 17.6 Å². The van der Waals surface area contributed by atoms with E-state index in [9.17, 15) is 14.4 Å². The average molecular weight is 258 g/mol. The Balaban J connectivity index is 2.19. The number of carboxylic acid groups (broad SMARTS) is 1. The molecule has 0 aliphatic heterocycles. The number of aromatic amines is 1. The highest BCUT2D eigenvalue weighted by Crippen LogP contribution is 2.11. The Morgan fingerprint density at radius 3 is 2.53 bits per heavy atom. The van der Waals surface area contributed by atoms with Gasteiger partial charge in [-0.3, -0.25) is 9.59 Å². The number of carboxylic acids is 1. The minimum atomic E-state index is -1.07. The molecule has 6 nitrogen and oxygen atoms in total. The Labute approximate surface area is 107 Å². The van der Waals surface area contributed by atoms with Crippen molar-refractivity contribution in [1.29, 1.82) is 0 Å². The molecule has 1 aromatic carbocycles. The van der Waals surface area contributed by atoms with Crippen LogP contribution in [0.1, 0.15) is 20.7 Å². The van der Waals surface area contributed by atoms with Gasteiger partial charge in [-0.2, -0.15) is 0 Å². The van der Waals surface area contributed by atoms with E-state index in [1.165, 1.54) is 36.5 Å². The predicted molar refractivity (Wildman–Crippen MR) is 68.4 cm³/mol. The zero-order valence-electron chi connectivity index (χ0n) is 9.71. The molecule has 0 bridgehead atoms. The lowest BCUT2D eigenvalue weighted by atomic mass is 10.2. The van der Waals surface area contributed by atoms with Crippen molar-refractivity contribution < 1.29 is 14.7 Å². The van der Waals surface area contributed by atoms with Gasteiger partial charge in [-0.1, -0.05) is 6.07 Å². The molecule has 0 spiro atoms. The van der Waals surface area contributed by atoms with E-state index < -0.39 is 11.9 Å².